The molecule has 0 radical (unpaired) electrons. The van der Waals surface area contributed by atoms with Crippen molar-refractivity contribution in [2.24, 2.45) is 0 Å². The number of rotatable bonds is 5. The third-order valence-corrected chi connectivity index (χ3v) is 5.52. The van der Waals surface area contributed by atoms with E-state index in [9.17, 15) is 9.90 Å². The minimum absolute atomic E-state index is 0.0562. The molecule has 126 valence electrons. The summed E-state index contributed by atoms with van der Waals surface area (Å²) < 4.78 is 5.17. The van der Waals surface area contributed by atoms with Crippen molar-refractivity contribution in [3.63, 3.8) is 0 Å². The Hall–Kier alpha value is -1.85. The van der Waals surface area contributed by atoms with Crippen LogP contribution in [0.2, 0.25) is 5.02 Å². The predicted molar refractivity (Wildman–Crippen MR) is 96.7 cm³/mol. The number of aromatic hydroxyl groups is 1. The fourth-order valence-corrected chi connectivity index (χ4v) is 4.05. The zero-order valence-corrected chi connectivity index (χ0v) is 14.8. The molecule has 1 unspecified atom stereocenters. The van der Waals surface area contributed by atoms with Crippen molar-refractivity contribution in [2.75, 3.05) is 19.4 Å². The van der Waals surface area contributed by atoms with Crippen LogP contribution >= 0.6 is 23.4 Å². The Morgan fingerprint density at radius 3 is 2.75 bits per heavy atom. The zero-order valence-electron chi connectivity index (χ0n) is 13.2. The van der Waals surface area contributed by atoms with Crippen LogP contribution in [0.3, 0.4) is 0 Å². The first kappa shape index (κ1) is 17.0. The Balaban J connectivity index is 1.75. The number of halogens is 1. The summed E-state index contributed by atoms with van der Waals surface area (Å²) in [4.78, 5) is 14.1. The van der Waals surface area contributed by atoms with Crippen LogP contribution < -0.4 is 4.74 Å². The molecule has 1 saturated heterocycles. The Morgan fingerprint density at radius 2 is 2.04 bits per heavy atom. The summed E-state index contributed by atoms with van der Waals surface area (Å²) >= 11 is 7.50. The average Bonchev–Trinajstić information content (AvgIpc) is 2.96. The second-order valence-electron chi connectivity index (χ2n) is 5.56. The number of methoxy groups -OCH3 is 1. The summed E-state index contributed by atoms with van der Waals surface area (Å²) in [5.74, 6) is 1.12. The monoisotopic (exact) mass is 363 g/mol. The van der Waals surface area contributed by atoms with Gasteiger partial charge in [-0.25, -0.2) is 0 Å². The van der Waals surface area contributed by atoms with E-state index in [0.29, 0.717) is 23.1 Å². The fraction of sp³-hybridized carbons (Fsp3) is 0.278. The van der Waals surface area contributed by atoms with Gasteiger partial charge in [0.05, 0.1) is 12.9 Å². The number of ether oxygens (including phenoxy) is 1. The molecule has 6 heteroatoms. The number of carbonyl (C=O) groups is 1. The first-order valence-electron chi connectivity index (χ1n) is 7.61. The quantitative estimate of drug-likeness (QED) is 0.876. The molecule has 1 heterocycles. The molecule has 4 nitrogen and oxygen atoms in total. The first-order valence-corrected chi connectivity index (χ1v) is 9.03. The summed E-state index contributed by atoms with van der Waals surface area (Å²) in [6.07, 6.45) is 0.773. The van der Waals surface area contributed by atoms with Crippen molar-refractivity contribution in [2.45, 2.75) is 11.8 Å². The minimum atomic E-state index is -0.0562. The average molecular weight is 364 g/mol. The number of hydrogen-bond acceptors (Lipinski definition) is 4. The minimum Gasteiger partial charge on any atom is -0.504 e. The lowest BCUT2D eigenvalue weighted by Crippen LogP contribution is -2.30. The molecule has 1 amide bonds. The molecule has 2 aromatic rings. The molecule has 0 aliphatic carbocycles. The molecule has 1 aliphatic heterocycles. The van der Waals surface area contributed by atoms with E-state index in [0.717, 1.165) is 17.5 Å². The highest BCUT2D eigenvalue weighted by molar-refractivity contribution is 8.00. The number of phenolic OH excluding ortho intramolecular Hbond substituents is 1. The maximum absolute atomic E-state index is 12.3. The van der Waals surface area contributed by atoms with Crippen LogP contribution in [0, 0.1) is 0 Å². The van der Waals surface area contributed by atoms with Crippen molar-refractivity contribution in [3.05, 3.63) is 58.6 Å². The van der Waals surface area contributed by atoms with Gasteiger partial charge in [0.1, 0.15) is 5.37 Å². The van der Waals surface area contributed by atoms with Gasteiger partial charge in [-0.2, -0.15) is 0 Å². The maximum Gasteiger partial charge on any atom is 0.233 e. The highest BCUT2D eigenvalue weighted by atomic mass is 35.5. The zero-order chi connectivity index (χ0) is 17.1. The molecule has 3 rings (SSSR count). The largest absolute Gasteiger partial charge is 0.504 e. The molecule has 0 spiro atoms. The van der Waals surface area contributed by atoms with Crippen LogP contribution in [-0.2, 0) is 11.2 Å². The number of hydrogen-bond donors (Lipinski definition) is 1. The molecule has 24 heavy (non-hydrogen) atoms. The third-order valence-electron chi connectivity index (χ3n) is 4.01. The van der Waals surface area contributed by atoms with Gasteiger partial charge in [0, 0.05) is 11.6 Å². The predicted octanol–water partition coefficient (Wildman–Crippen LogP) is 3.87. The summed E-state index contributed by atoms with van der Waals surface area (Å²) in [6, 6.07) is 12.9. The molecule has 1 aliphatic rings. The van der Waals surface area contributed by atoms with Crippen molar-refractivity contribution < 1.29 is 14.6 Å². The molecule has 1 atom stereocenters. The standard InChI is InChI=1S/C18H18ClNO3S/c1-23-16-10-13(4-7-15(16)21)18-20(17(22)11-24-18)9-8-12-2-5-14(19)6-3-12/h2-7,10,18,21H,8-9,11H2,1H3. The van der Waals surface area contributed by atoms with Gasteiger partial charge in [0.25, 0.3) is 0 Å². The van der Waals surface area contributed by atoms with Gasteiger partial charge in [-0.15, -0.1) is 11.8 Å². The number of carbonyl (C=O) groups excluding carboxylic acids is 1. The summed E-state index contributed by atoms with van der Waals surface area (Å²) in [7, 11) is 1.52. The van der Waals surface area contributed by atoms with Gasteiger partial charge >= 0.3 is 0 Å². The Morgan fingerprint density at radius 1 is 1.29 bits per heavy atom. The van der Waals surface area contributed by atoms with Gasteiger partial charge in [0.15, 0.2) is 11.5 Å². The van der Waals surface area contributed by atoms with E-state index in [-0.39, 0.29) is 17.0 Å². The number of nitrogens with zero attached hydrogens (tertiary/aromatic N) is 1. The highest BCUT2D eigenvalue weighted by Gasteiger charge is 2.32. The van der Waals surface area contributed by atoms with Crippen molar-refractivity contribution in [1.29, 1.82) is 0 Å². The Labute approximate surface area is 150 Å². The SMILES string of the molecule is COc1cc(C2SCC(=O)N2CCc2ccc(Cl)cc2)ccc1O. The second kappa shape index (κ2) is 7.36. The molecule has 0 bridgehead atoms. The van der Waals surface area contributed by atoms with E-state index in [4.69, 9.17) is 16.3 Å². The van der Waals surface area contributed by atoms with Crippen molar-refractivity contribution in [3.8, 4) is 11.5 Å². The van der Waals surface area contributed by atoms with E-state index < -0.39 is 0 Å². The first-order chi connectivity index (χ1) is 11.6. The van der Waals surface area contributed by atoms with E-state index in [2.05, 4.69) is 0 Å². The second-order valence-corrected chi connectivity index (χ2v) is 7.06. The summed E-state index contributed by atoms with van der Waals surface area (Å²) in [5.41, 5.74) is 2.10. The molecule has 0 aromatic heterocycles. The molecule has 0 saturated carbocycles. The van der Waals surface area contributed by atoms with E-state index in [1.807, 2.05) is 35.2 Å². The van der Waals surface area contributed by atoms with Gasteiger partial charge in [-0.1, -0.05) is 29.8 Å². The number of benzene rings is 2. The lowest BCUT2D eigenvalue weighted by molar-refractivity contribution is -0.128. The van der Waals surface area contributed by atoms with Crippen molar-refractivity contribution in [1.82, 2.24) is 4.90 Å². The lowest BCUT2D eigenvalue weighted by atomic mass is 10.1. The molecule has 1 fully saturated rings. The van der Waals surface area contributed by atoms with Gasteiger partial charge in [-0.05, 0) is 41.8 Å². The normalized spacial score (nSPS) is 17.3. The lowest BCUT2D eigenvalue weighted by Gasteiger charge is -2.24. The summed E-state index contributed by atoms with van der Waals surface area (Å²) in [6.45, 7) is 0.640. The van der Waals surface area contributed by atoms with Crippen LogP contribution in [-0.4, -0.2) is 35.3 Å². The maximum atomic E-state index is 12.3. The van der Waals surface area contributed by atoms with Crippen LogP contribution in [0.4, 0.5) is 0 Å². The highest BCUT2D eigenvalue weighted by Crippen LogP contribution is 2.41. The number of thioether (sulfide) groups is 1. The van der Waals surface area contributed by atoms with Crippen LogP contribution in [0.5, 0.6) is 11.5 Å². The van der Waals surface area contributed by atoms with Crippen LogP contribution in [0.1, 0.15) is 16.5 Å². The smallest absolute Gasteiger partial charge is 0.233 e. The van der Waals surface area contributed by atoms with Crippen LogP contribution in [0.25, 0.3) is 0 Å². The number of phenols is 1. The van der Waals surface area contributed by atoms with E-state index in [1.54, 1.807) is 23.9 Å². The fourth-order valence-electron chi connectivity index (χ4n) is 2.72. The Bertz CT molecular complexity index is 736. The van der Waals surface area contributed by atoms with Crippen molar-refractivity contribution >= 4 is 29.3 Å². The van der Waals surface area contributed by atoms with E-state index in [1.165, 1.54) is 7.11 Å². The summed E-state index contributed by atoms with van der Waals surface area (Å²) in [5, 5.41) is 10.4. The van der Waals surface area contributed by atoms with Gasteiger partial charge in [0.2, 0.25) is 5.91 Å². The topological polar surface area (TPSA) is 49.8 Å². The molecular formula is C18H18ClNO3S. The van der Waals surface area contributed by atoms with Gasteiger partial charge in [-0.3, -0.25) is 4.79 Å². The Kier molecular flexibility index (Phi) is 5.21. The van der Waals surface area contributed by atoms with Gasteiger partial charge < -0.3 is 14.7 Å². The molecule has 1 N–H and O–H groups in total. The van der Waals surface area contributed by atoms with E-state index >= 15 is 0 Å². The molecule has 2 aromatic carbocycles. The van der Waals surface area contributed by atoms with Crippen LogP contribution in [0.15, 0.2) is 42.5 Å². The molecular weight excluding hydrogens is 346 g/mol. The number of amides is 1. The third kappa shape index (κ3) is 3.62.